The van der Waals surface area contributed by atoms with Gasteiger partial charge in [-0.1, -0.05) is 32.0 Å². The summed E-state index contributed by atoms with van der Waals surface area (Å²) in [6, 6.07) is 12.7. The largest absolute Gasteiger partial charge is 0.326 e. The van der Waals surface area contributed by atoms with E-state index in [9.17, 15) is 4.79 Å². The first kappa shape index (κ1) is 17.7. The van der Waals surface area contributed by atoms with E-state index in [4.69, 9.17) is 0 Å². The molecule has 0 saturated heterocycles. The molecule has 3 aromatic heterocycles. The van der Waals surface area contributed by atoms with Gasteiger partial charge in [0, 0.05) is 24.2 Å². The summed E-state index contributed by atoms with van der Waals surface area (Å²) in [6.45, 7) is 4.19. The minimum Gasteiger partial charge on any atom is -0.292 e. The Balaban J connectivity index is 1.54. The smallest absolute Gasteiger partial charge is 0.292 e. The summed E-state index contributed by atoms with van der Waals surface area (Å²) in [5.41, 5.74) is 3.55. The van der Waals surface area contributed by atoms with Gasteiger partial charge in [-0.3, -0.25) is 20.4 Å². The number of para-hydroxylation sites is 1. The molecule has 1 aromatic carbocycles. The van der Waals surface area contributed by atoms with Crippen LogP contribution < -0.4 is 10.6 Å². The maximum atomic E-state index is 12.4. The number of carbonyl (C=O) groups excluding carboxylic acids is 1. The molecule has 0 bridgehead atoms. The van der Waals surface area contributed by atoms with Gasteiger partial charge in [-0.25, -0.2) is 9.78 Å². The maximum absolute atomic E-state index is 12.4. The molecular formula is C20H21N7O. The second-order valence-corrected chi connectivity index (χ2v) is 6.86. The highest BCUT2D eigenvalue weighted by Crippen LogP contribution is 2.27. The first-order valence-corrected chi connectivity index (χ1v) is 9.03. The van der Waals surface area contributed by atoms with Gasteiger partial charge in [0.2, 0.25) is 0 Å². The predicted molar refractivity (Wildman–Crippen MR) is 109 cm³/mol. The average Bonchev–Trinajstić information content (AvgIpc) is 3.26. The zero-order chi connectivity index (χ0) is 19.7. The monoisotopic (exact) mass is 375 g/mol. The number of benzene rings is 1. The third kappa shape index (κ3) is 3.44. The zero-order valence-electron chi connectivity index (χ0n) is 15.9. The van der Waals surface area contributed by atoms with Crippen molar-refractivity contribution in [1.29, 1.82) is 0 Å². The van der Waals surface area contributed by atoms with Crippen LogP contribution in [0.25, 0.3) is 22.2 Å². The number of hydrogen-bond donors (Lipinski definition) is 3. The lowest BCUT2D eigenvalue weighted by Crippen LogP contribution is -2.20. The quantitative estimate of drug-likeness (QED) is 0.499. The first-order valence-electron chi connectivity index (χ1n) is 9.03. The molecule has 2 amide bonds. The van der Waals surface area contributed by atoms with Crippen molar-refractivity contribution in [3.63, 3.8) is 0 Å². The van der Waals surface area contributed by atoms with E-state index in [1.165, 1.54) is 0 Å². The van der Waals surface area contributed by atoms with Gasteiger partial charge >= 0.3 is 6.03 Å². The number of amides is 2. The van der Waals surface area contributed by atoms with Gasteiger partial charge in [0.15, 0.2) is 5.82 Å². The minimum atomic E-state index is -0.405. The van der Waals surface area contributed by atoms with Crippen LogP contribution in [0, 0.1) is 0 Å². The van der Waals surface area contributed by atoms with Gasteiger partial charge in [0.1, 0.15) is 5.82 Å². The molecule has 0 saturated carbocycles. The molecule has 0 unspecified atom stereocenters. The van der Waals surface area contributed by atoms with E-state index in [1.807, 2.05) is 49.6 Å². The minimum absolute atomic E-state index is 0.269. The van der Waals surface area contributed by atoms with Crippen LogP contribution in [0.4, 0.5) is 16.4 Å². The van der Waals surface area contributed by atoms with Crippen LogP contribution >= 0.6 is 0 Å². The summed E-state index contributed by atoms with van der Waals surface area (Å²) < 4.78 is 1.78. The van der Waals surface area contributed by atoms with Crippen LogP contribution in [-0.2, 0) is 7.05 Å². The summed E-state index contributed by atoms with van der Waals surface area (Å²) in [7, 11) is 1.89. The normalized spacial score (nSPS) is 11.1. The zero-order valence-corrected chi connectivity index (χ0v) is 15.9. The van der Waals surface area contributed by atoms with E-state index in [0.29, 0.717) is 11.6 Å². The summed E-state index contributed by atoms with van der Waals surface area (Å²) >= 11 is 0. The lowest BCUT2D eigenvalue weighted by molar-refractivity contribution is 0.262. The summed E-state index contributed by atoms with van der Waals surface area (Å²) in [5.74, 6) is 1.19. The van der Waals surface area contributed by atoms with Crippen molar-refractivity contribution in [3.05, 3.63) is 54.4 Å². The number of H-pyrrole nitrogens is 1. The van der Waals surface area contributed by atoms with E-state index in [0.717, 1.165) is 27.9 Å². The summed E-state index contributed by atoms with van der Waals surface area (Å²) in [5, 5.41) is 17.9. The first-order chi connectivity index (χ1) is 13.5. The highest BCUT2D eigenvalue weighted by atomic mass is 16.2. The Morgan fingerprint density at radius 3 is 2.75 bits per heavy atom. The van der Waals surface area contributed by atoms with E-state index >= 15 is 0 Å². The summed E-state index contributed by atoms with van der Waals surface area (Å²) in [6.07, 6.45) is 1.94. The number of nitrogens with zero attached hydrogens (tertiary/aromatic N) is 4. The number of rotatable bonds is 4. The van der Waals surface area contributed by atoms with Gasteiger partial charge in [0.05, 0.1) is 16.9 Å². The predicted octanol–water partition coefficient (Wildman–Crippen LogP) is 4.13. The third-order valence-electron chi connectivity index (χ3n) is 4.37. The number of nitrogens with one attached hydrogen (secondary N) is 3. The van der Waals surface area contributed by atoms with Crippen molar-refractivity contribution in [1.82, 2.24) is 25.0 Å². The molecule has 4 rings (SSSR count). The van der Waals surface area contributed by atoms with E-state index in [2.05, 4.69) is 44.8 Å². The van der Waals surface area contributed by atoms with E-state index in [-0.39, 0.29) is 5.92 Å². The number of pyridine rings is 1. The van der Waals surface area contributed by atoms with Crippen molar-refractivity contribution in [2.45, 2.75) is 19.8 Å². The number of anilines is 2. The van der Waals surface area contributed by atoms with Crippen molar-refractivity contribution in [2.24, 2.45) is 7.05 Å². The lowest BCUT2D eigenvalue weighted by Gasteiger charge is -2.08. The van der Waals surface area contributed by atoms with Gasteiger partial charge in [-0.2, -0.15) is 10.2 Å². The van der Waals surface area contributed by atoms with E-state index < -0.39 is 6.03 Å². The van der Waals surface area contributed by atoms with Crippen molar-refractivity contribution < 1.29 is 4.79 Å². The van der Waals surface area contributed by atoms with Gasteiger partial charge in [0.25, 0.3) is 0 Å². The molecule has 0 aliphatic carbocycles. The molecule has 0 spiro atoms. The molecule has 0 atom stereocenters. The highest BCUT2D eigenvalue weighted by Gasteiger charge is 2.15. The Morgan fingerprint density at radius 2 is 1.93 bits per heavy atom. The molecule has 8 nitrogen and oxygen atoms in total. The Bertz CT molecular complexity index is 1140. The number of urea groups is 1. The average molecular weight is 375 g/mol. The van der Waals surface area contributed by atoms with Crippen LogP contribution in [0.2, 0.25) is 0 Å². The molecule has 142 valence electrons. The highest BCUT2D eigenvalue weighted by molar-refractivity contribution is 6.04. The Morgan fingerprint density at radius 1 is 1.11 bits per heavy atom. The molecule has 0 aliphatic heterocycles. The molecular weight excluding hydrogens is 354 g/mol. The molecule has 0 radical (unpaired) electrons. The lowest BCUT2D eigenvalue weighted by atomic mass is 10.0. The number of hydrogen-bond acceptors (Lipinski definition) is 4. The SMILES string of the molecule is CC(C)c1nn(C)cc1-c1cccc(NC(=O)Nc2n[nH]c3ccccc23)n1. The van der Waals surface area contributed by atoms with Crippen LogP contribution in [0.15, 0.2) is 48.7 Å². The van der Waals surface area contributed by atoms with E-state index in [1.54, 1.807) is 10.7 Å². The molecule has 8 heteroatoms. The Kier molecular flexibility index (Phi) is 4.52. The molecule has 28 heavy (non-hydrogen) atoms. The van der Waals surface area contributed by atoms with Gasteiger partial charge in [-0.05, 0) is 30.2 Å². The maximum Gasteiger partial charge on any atom is 0.326 e. The second kappa shape index (κ2) is 7.15. The molecule has 0 aliphatic rings. The fourth-order valence-corrected chi connectivity index (χ4v) is 3.10. The fraction of sp³-hybridized carbons (Fsp3) is 0.200. The van der Waals surface area contributed by atoms with Crippen molar-refractivity contribution in [3.8, 4) is 11.3 Å². The Labute approximate surface area is 162 Å². The molecule has 3 heterocycles. The van der Waals surface area contributed by atoms with Crippen LogP contribution in [0.5, 0.6) is 0 Å². The second-order valence-electron chi connectivity index (χ2n) is 6.86. The third-order valence-corrected chi connectivity index (χ3v) is 4.37. The number of aromatic nitrogens is 5. The molecule has 3 N–H and O–H groups in total. The number of fused-ring (bicyclic) bond motifs is 1. The van der Waals surface area contributed by atoms with Crippen LogP contribution in [0.1, 0.15) is 25.5 Å². The van der Waals surface area contributed by atoms with Crippen LogP contribution in [0.3, 0.4) is 0 Å². The van der Waals surface area contributed by atoms with Gasteiger partial charge < -0.3 is 0 Å². The molecule has 0 fully saturated rings. The summed E-state index contributed by atoms with van der Waals surface area (Å²) in [4.78, 5) is 17.0. The molecule has 4 aromatic rings. The Hall–Kier alpha value is -3.68. The topological polar surface area (TPSA) is 101 Å². The van der Waals surface area contributed by atoms with Gasteiger partial charge in [-0.15, -0.1) is 0 Å². The van der Waals surface area contributed by atoms with Crippen molar-refractivity contribution in [2.75, 3.05) is 10.6 Å². The van der Waals surface area contributed by atoms with Crippen molar-refractivity contribution >= 4 is 28.6 Å². The fourth-order valence-electron chi connectivity index (χ4n) is 3.10. The van der Waals surface area contributed by atoms with Crippen LogP contribution in [-0.4, -0.2) is 31.0 Å². The number of aryl methyl sites for hydroxylation is 1. The standard InChI is InChI=1S/C20H21N7O/c1-12(2)18-14(11-27(3)26-18)15-9-6-10-17(21-15)22-20(28)23-19-13-7-4-5-8-16(13)24-25-19/h4-12H,1-3H3,(H3,21,22,23,24,25,28). The number of carbonyl (C=O) groups is 1. The number of aromatic amines is 1.